The second kappa shape index (κ2) is 5.56. The number of nitrogens with one attached hydrogen (secondary N) is 1. The van der Waals surface area contributed by atoms with Crippen molar-refractivity contribution < 1.29 is 9.53 Å². The molecule has 1 aliphatic heterocycles. The molecule has 2 unspecified atom stereocenters. The summed E-state index contributed by atoms with van der Waals surface area (Å²) < 4.78 is 5.38. The lowest BCUT2D eigenvalue weighted by Gasteiger charge is -2.20. The molecule has 2 fully saturated rings. The van der Waals surface area contributed by atoms with Crippen molar-refractivity contribution in [3.8, 4) is 5.75 Å². The summed E-state index contributed by atoms with van der Waals surface area (Å²) in [6.07, 6.45) is 3.77. The van der Waals surface area contributed by atoms with Gasteiger partial charge in [-0.3, -0.25) is 9.69 Å². The van der Waals surface area contributed by atoms with Crippen LogP contribution in [0.15, 0.2) is 18.2 Å². The van der Waals surface area contributed by atoms with Gasteiger partial charge in [0.05, 0.1) is 12.8 Å². The molecular weight excluding hydrogens is 266 g/mol. The highest BCUT2D eigenvalue weighted by Crippen LogP contribution is 2.35. The van der Waals surface area contributed by atoms with E-state index in [9.17, 15) is 4.79 Å². The molecule has 0 radical (unpaired) electrons. The fourth-order valence-corrected chi connectivity index (χ4v) is 3.27. The summed E-state index contributed by atoms with van der Waals surface area (Å²) in [4.78, 5) is 13.9. The molecule has 1 aromatic carbocycles. The molecule has 0 bridgehead atoms. The van der Waals surface area contributed by atoms with Crippen molar-refractivity contribution in [3.63, 3.8) is 0 Å². The second-order valence-corrected chi connectivity index (χ2v) is 6.13. The van der Waals surface area contributed by atoms with E-state index in [1.807, 2.05) is 0 Å². The smallest absolute Gasteiger partial charge is 0.248 e. The van der Waals surface area contributed by atoms with E-state index in [0.717, 1.165) is 30.4 Å². The maximum Gasteiger partial charge on any atom is 0.248 e. The summed E-state index contributed by atoms with van der Waals surface area (Å²) in [6, 6.07) is 7.05. The van der Waals surface area contributed by atoms with Gasteiger partial charge in [-0.15, -0.1) is 0 Å². The van der Waals surface area contributed by atoms with Crippen molar-refractivity contribution in [2.45, 2.75) is 44.3 Å². The van der Waals surface area contributed by atoms with E-state index in [2.05, 4.69) is 17.1 Å². The van der Waals surface area contributed by atoms with E-state index >= 15 is 0 Å². The Morgan fingerprint density at radius 3 is 2.81 bits per heavy atom. The standard InChI is InChI=1S/C16H23N3O2/c1-10-7-12(9-19(10)13-4-5-13)18-14-8-11(16(17)20)3-6-15(14)21-2/h3,6,8,10,12-13,18H,4-5,7,9H2,1-2H3,(H2,17,20). The van der Waals surface area contributed by atoms with Crippen LogP contribution in [0, 0.1) is 0 Å². The van der Waals surface area contributed by atoms with E-state index in [1.54, 1.807) is 25.3 Å². The number of amides is 1. The summed E-state index contributed by atoms with van der Waals surface area (Å²) in [5, 5.41) is 3.52. The monoisotopic (exact) mass is 289 g/mol. The van der Waals surface area contributed by atoms with E-state index in [-0.39, 0.29) is 0 Å². The first-order valence-corrected chi connectivity index (χ1v) is 7.58. The van der Waals surface area contributed by atoms with Crippen LogP contribution in [0.25, 0.3) is 0 Å². The zero-order valence-corrected chi connectivity index (χ0v) is 12.6. The molecule has 1 saturated heterocycles. The molecule has 1 aromatic rings. The van der Waals surface area contributed by atoms with Gasteiger partial charge < -0.3 is 15.8 Å². The normalized spacial score (nSPS) is 25.8. The summed E-state index contributed by atoms with van der Waals surface area (Å²) in [5.41, 5.74) is 6.71. The first-order chi connectivity index (χ1) is 10.1. The molecule has 1 heterocycles. The first kappa shape index (κ1) is 14.2. The number of likely N-dealkylation sites (tertiary alicyclic amines) is 1. The van der Waals surface area contributed by atoms with Crippen molar-refractivity contribution >= 4 is 11.6 Å². The Morgan fingerprint density at radius 1 is 1.43 bits per heavy atom. The van der Waals surface area contributed by atoms with Crippen molar-refractivity contribution in [1.29, 1.82) is 0 Å². The fraction of sp³-hybridized carbons (Fsp3) is 0.562. The number of methoxy groups -OCH3 is 1. The zero-order valence-electron chi connectivity index (χ0n) is 12.6. The molecule has 1 aliphatic carbocycles. The van der Waals surface area contributed by atoms with Crippen LogP contribution < -0.4 is 15.8 Å². The minimum atomic E-state index is -0.417. The second-order valence-electron chi connectivity index (χ2n) is 6.13. The molecule has 3 N–H and O–H groups in total. The Morgan fingerprint density at radius 2 is 2.19 bits per heavy atom. The maximum absolute atomic E-state index is 11.3. The molecule has 0 spiro atoms. The third-order valence-corrected chi connectivity index (χ3v) is 4.48. The highest BCUT2D eigenvalue weighted by atomic mass is 16.5. The van der Waals surface area contributed by atoms with Gasteiger partial charge in [0.2, 0.25) is 5.91 Å². The van der Waals surface area contributed by atoms with E-state index in [0.29, 0.717) is 17.6 Å². The number of ether oxygens (including phenoxy) is 1. The van der Waals surface area contributed by atoms with Crippen molar-refractivity contribution in [2.24, 2.45) is 5.73 Å². The predicted octanol–water partition coefficient (Wildman–Crippen LogP) is 1.83. The molecule has 5 heteroatoms. The number of hydrogen-bond acceptors (Lipinski definition) is 4. The molecule has 0 aromatic heterocycles. The van der Waals surface area contributed by atoms with Gasteiger partial charge in [-0.25, -0.2) is 0 Å². The van der Waals surface area contributed by atoms with E-state index < -0.39 is 5.91 Å². The topological polar surface area (TPSA) is 67.6 Å². The minimum absolute atomic E-state index is 0.387. The van der Waals surface area contributed by atoms with Crippen molar-refractivity contribution in [2.75, 3.05) is 19.0 Å². The van der Waals surface area contributed by atoms with Gasteiger partial charge in [-0.2, -0.15) is 0 Å². The predicted molar refractivity (Wildman–Crippen MR) is 82.7 cm³/mol. The van der Waals surface area contributed by atoms with Crippen LogP contribution in [-0.4, -0.2) is 42.6 Å². The number of hydrogen-bond donors (Lipinski definition) is 2. The van der Waals surface area contributed by atoms with Crippen LogP contribution in [0.1, 0.15) is 36.5 Å². The first-order valence-electron chi connectivity index (χ1n) is 7.58. The number of benzene rings is 1. The molecule has 5 nitrogen and oxygen atoms in total. The average molecular weight is 289 g/mol. The zero-order chi connectivity index (χ0) is 15.0. The van der Waals surface area contributed by atoms with Crippen LogP contribution in [-0.2, 0) is 0 Å². The van der Waals surface area contributed by atoms with Crippen LogP contribution in [0.2, 0.25) is 0 Å². The molecule has 2 aliphatic rings. The molecule has 3 rings (SSSR count). The molecule has 1 amide bonds. The number of carbonyl (C=O) groups is 1. The quantitative estimate of drug-likeness (QED) is 0.868. The summed E-state index contributed by atoms with van der Waals surface area (Å²) >= 11 is 0. The van der Waals surface area contributed by atoms with E-state index in [1.165, 1.54) is 12.8 Å². The fourth-order valence-electron chi connectivity index (χ4n) is 3.27. The number of carbonyl (C=O) groups excluding carboxylic acids is 1. The van der Waals surface area contributed by atoms with Gasteiger partial charge in [-0.1, -0.05) is 0 Å². The summed E-state index contributed by atoms with van der Waals surface area (Å²) in [5.74, 6) is 0.331. The Balaban J connectivity index is 1.74. The Bertz CT molecular complexity index is 542. The number of primary amides is 1. The molecule has 2 atom stereocenters. The van der Waals surface area contributed by atoms with Crippen molar-refractivity contribution in [1.82, 2.24) is 4.90 Å². The highest BCUT2D eigenvalue weighted by Gasteiger charge is 2.38. The Labute approximate surface area is 125 Å². The highest BCUT2D eigenvalue weighted by molar-refractivity contribution is 5.94. The Kier molecular flexibility index (Phi) is 3.76. The van der Waals surface area contributed by atoms with Gasteiger partial charge in [0.15, 0.2) is 0 Å². The third-order valence-electron chi connectivity index (χ3n) is 4.48. The molecule has 21 heavy (non-hydrogen) atoms. The number of nitrogens with zero attached hydrogens (tertiary/aromatic N) is 1. The average Bonchev–Trinajstić information content (AvgIpc) is 3.23. The van der Waals surface area contributed by atoms with E-state index in [4.69, 9.17) is 10.5 Å². The molecule has 114 valence electrons. The number of rotatable bonds is 5. The number of anilines is 1. The summed E-state index contributed by atoms with van der Waals surface area (Å²) in [6.45, 7) is 3.34. The van der Waals surface area contributed by atoms with Gasteiger partial charge in [0.1, 0.15) is 5.75 Å². The lowest BCUT2D eigenvalue weighted by atomic mass is 10.1. The minimum Gasteiger partial charge on any atom is -0.495 e. The van der Waals surface area contributed by atoms with Crippen LogP contribution in [0.3, 0.4) is 0 Å². The third kappa shape index (κ3) is 2.97. The lowest BCUT2D eigenvalue weighted by molar-refractivity contribution is 0.100. The lowest BCUT2D eigenvalue weighted by Crippen LogP contribution is -2.31. The van der Waals surface area contributed by atoms with Crippen LogP contribution in [0.5, 0.6) is 5.75 Å². The van der Waals surface area contributed by atoms with Gasteiger partial charge in [0, 0.05) is 30.2 Å². The SMILES string of the molecule is COc1ccc(C(N)=O)cc1NC1CC(C)N(C2CC2)C1. The molecular formula is C16H23N3O2. The maximum atomic E-state index is 11.3. The number of nitrogens with two attached hydrogens (primary N) is 1. The Hall–Kier alpha value is -1.75. The van der Waals surface area contributed by atoms with Gasteiger partial charge in [0.25, 0.3) is 0 Å². The molecule has 1 saturated carbocycles. The van der Waals surface area contributed by atoms with Crippen molar-refractivity contribution in [3.05, 3.63) is 23.8 Å². The largest absolute Gasteiger partial charge is 0.495 e. The van der Waals surface area contributed by atoms with Gasteiger partial charge in [-0.05, 0) is 44.4 Å². The summed E-state index contributed by atoms with van der Waals surface area (Å²) in [7, 11) is 1.64. The van der Waals surface area contributed by atoms with Crippen LogP contribution >= 0.6 is 0 Å². The van der Waals surface area contributed by atoms with Crippen LogP contribution in [0.4, 0.5) is 5.69 Å². The van der Waals surface area contributed by atoms with Gasteiger partial charge >= 0.3 is 0 Å².